The zero-order valence-corrected chi connectivity index (χ0v) is 14.9. The van der Waals surface area contributed by atoms with Crippen LogP contribution in [0.15, 0.2) is 23.1 Å². The fraction of sp³-hybridized carbons (Fsp3) is 0.600. The summed E-state index contributed by atoms with van der Waals surface area (Å²) in [5.41, 5.74) is 2.14. The maximum atomic E-state index is 12.3. The molecule has 1 atom stereocenters. The van der Waals surface area contributed by atoms with E-state index in [1.54, 1.807) is 23.9 Å². The number of benzene rings is 1. The van der Waals surface area contributed by atoms with Gasteiger partial charge in [-0.1, -0.05) is 19.9 Å². The summed E-state index contributed by atoms with van der Waals surface area (Å²) in [6.45, 7) is 8.19. The van der Waals surface area contributed by atoms with Crippen LogP contribution in [0, 0.1) is 6.92 Å². The van der Waals surface area contributed by atoms with E-state index < -0.39 is 10.0 Å². The molecule has 0 aliphatic carbocycles. The van der Waals surface area contributed by atoms with Crippen molar-refractivity contribution in [2.24, 2.45) is 0 Å². The van der Waals surface area contributed by atoms with Crippen LogP contribution in [-0.4, -0.2) is 33.0 Å². The lowest BCUT2D eigenvalue weighted by Gasteiger charge is -2.13. The molecule has 2 N–H and O–H groups in total. The quantitative estimate of drug-likeness (QED) is 0.683. The molecular weight excluding hydrogens is 304 g/mol. The topological polar surface area (TPSA) is 58.2 Å². The van der Waals surface area contributed by atoms with Gasteiger partial charge in [0.2, 0.25) is 10.0 Å². The van der Waals surface area contributed by atoms with Crippen molar-refractivity contribution >= 4 is 21.8 Å². The van der Waals surface area contributed by atoms with Crippen molar-refractivity contribution in [3.63, 3.8) is 0 Å². The van der Waals surface area contributed by atoms with E-state index in [0.29, 0.717) is 18.0 Å². The smallest absolute Gasteiger partial charge is 0.240 e. The zero-order valence-electron chi connectivity index (χ0n) is 13.3. The molecule has 21 heavy (non-hydrogen) atoms. The van der Waals surface area contributed by atoms with Crippen LogP contribution < -0.4 is 10.0 Å². The van der Waals surface area contributed by atoms with Gasteiger partial charge in [-0.25, -0.2) is 13.1 Å². The number of thioether (sulfide) groups is 1. The number of hydrogen-bond acceptors (Lipinski definition) is 4. The molecule has 0 bridgehead atoms. The van der Waals surface area contributed by atoms with Gasteiger partial charge in [-0.05, 0) is 49.4 Å². The molecule has 1 aromatic carbocycles. The zero-order chi connectivity index (χ0) is 15.9. The average Bonchev–Trinajstić information content (AvgIpc) is 2.46. The number of nitrogens with one attached hydrogen (secondary N) is 2. The van der Waals surface area contributed by atoms with Crippen LogP contribution in [0.5, 0.6) is 0 Å². The van der Waals surface area contributed by atoms with Crippen molar-refractivity contribution in [1.82, 2.24) is 10.0 Å². The Labute approximate surface area is 133 Å². The molecule has 0 aromatic heterocycles. The standard InChI is InChI=1S/C15H26N2O2S2/c1-5-8-16-11-14-9-15(7-6-12(14)2)21(18,19)17-10-13(3)20-4/h6-7,9,13,16-17H,5,8,10-11H2,1-4H3. The Morgan fingerprint density at radius 2 is 2.05 bits per heavy atom. The van der Waals surface area contributed by atoms with E-state index in [1.807, 2.05) is 26.2 Å². The second kappa shape index (κ2) is 8.78. The van der Waals surface area contributed by atoms with Crippen LogP contribution in [0.1, 0.15) is 31.4 Å². The summed E-state index contributed by atoms with van der Waals surface area (Å²) < 4.78 is 27.3. The number of aryl methyl sites for hydroxylation is 1. The molecule has 0 saturated carbocycles. The molecule has 6 heteroatoms. The van der Waals surface area contributed by atoms with Gasteiger partial charge in [-0.15, -0.1) is 0 Å². The molecule has 120 valence electrons. The summed E-state index contributed by atoms with van der Waals surface area (Å²) in [7, 11) is -3.43. The molecular formula is C15H26N2O2S2. The molecule has 0 fully saturated rings. The van der Waals surface area contributed by atoms with Crippen LogP contribution in [-0.2, 0) is 16.6 Å². The number of hydrogen-bond donors (Lipinski definition) is 2. The molecule has 0 aliphatic heterocycles. The van der Waals surface area contributed by atoms with Crippen molar-refractivity contribution in [2.45, 2.75) is 43.9 Å². The van der Waals surface area contributed by atoms with Gasteiger partial charge in [0.1, 0.15) is 0 Å². The Bertz CT molecular complexity index is 545. The van der Waals surface area contributed by atoms with Gasteiger partial charge >= 0.3 is 0 Å². The largest absolute Gasteiger partial charge is 0.313 e. The third-order valence-electron chi connectivity index (χ3n) is 3.34. The minimum Gasteiger partial charge on any atom is -0.313 e. The Kier molecular flexibility index (Phi) is 7.73. The van der Waals surface area contributed by atoms with E-state index >= 15 is 0 Å². The second-order valence-corrected chi connectivity index (χ2v) is 8.21. The second-order valence-electron chi connectivity index (χ2n) is 5.16. The van der Waals surface area contributed by atoms with Gasteiger partial charge in [0.05, 0.1) is 4.90 Å². The highest BCUT2D eigenvalue weighted by atomic mass is 32.2. The third-order valence-corrected chi connectivity index (χ3v) is 5.73. The van der Waals surface area contributed by atoms with Gasteiger partial charge in [-0.2, -0.15) is 11.8 Å². The van der Waals surface area contributed by atoms with E-state index in [4.69, 9.17) is 0 Å². The molecule has 4 nitrogen and oxygen atoms in total. The SMILES string of the molecule is CCCNCc1cc(S(=O)(=O)NCC(C)SC)ccc1C. The first-order valence-electron chi connectivity index (χ1n) is 7.23. The maximum Gasteiger partial charge on any atom is 0.240 e. The summed E-state index contributed by atoms with van der Waals surface area (Å²) in [5.74, 6) is 0. The summed E-state index contributed by atoms with van der Waals surface area (Å²) >= 11 is 1.64. The predicted molar refractivity (Wildman–Crippen MR) is 91.3 cm³/mol. The first kappa shape index (κ1) is 18.5. The number of sulfonamides is 1. The van der Waals surface area contributed by atoms with Crippen LogP contribution in [0.3, 0.4) is 0 Å². The first-order valence-corrected chi connectivity index (χ1v) is 10.0. The fourth-order valence-corrected chi connectivity index (χ4v) is 3.34. The monoisotopic (exact) mass is 330 g/mol. The van der Waals surface area contributed by atoms with Crippen molar-refractivity contribution in [3.05, 3.63) is 29.3 Å². The summed E-state index contributed by atoms with van der Waals surface area (Å²) in [6.07, 6.45) is 3.04. The molecule has 0 heterocycles. The highest BCUT2D eigenvalue weighted by Gasteiger charge is 2.16. The van der Waals surface area contributed by atoms with E-state index in [1.165, 1.54) is 0 Å². The van der Waals surface area contributed by atoms with E-state index in [0.717, 1.165) is 24.1 Å². The molecule has 0 aliphatic rings. The fourth-order valence-electron chi connectivity index (χ4n) is 1.80. The molecule has 1 rings (SSSR count). The van der Waals surface area contributed by atoms with Crippen LogP contribution >= 0.6 is 11.8 Å². The lowest BCUT2D eigenvalue weighted by molar-refractivity contribution is 0.581. The summed E-state index contributed by atoms with van der Waals surface area (Å²) in [5, 5.41) is 3.57. The van der Waals surface area contributed by atoms with Crippen molar-refractivity contribution in [3.8, 4) is 0 Å². The summed E-state index contributed by atoms with van der Waals surface area (Å²) in [6, 6.07) is 5.31. The summed E-state index contributed by atoms with van der Waals surface area (Å²) in [4.78, 5) is 0.342. The van der Waals surface area contributed by atoms with E-state index in [2.05, 4.69) is 17.0 Å². The number of rotatable bonds is 9. The maximum absolute atomic E-state index is 12.3. The lowest BCUT2D eigenvalue weighted by Crippen LogP contribution is -2.29. The third kappa shape index (κ3) is 5.98. The Balaban J connectivity index is 2.84. The molecule has 0 saturated heterocycles. The van der Waals surface area contributed by atoms with Crippen LogP contribution in [0.2, 0.25) is 0 Å². The van der Waals surface area contributed by atoms with Gasteiger partial charge < -0.3 is 5.32 Å². The minimum atomic E-state index is -3.43. The molecule has 0 amide bonds. The van der Waals surface area contributed by atoms with Crippen molar-refractivity contribution in [1.29, 1.82) is 0 Å². The average molecular weight is 331 g/mol. The highest BCUT2D eigenvalue weighted by molar-refractivity contribution is 7.99. The Hall–Kier alpha value is -0.560. The minimum absolute atomic E-state index is 0.260. The van der Waals surface area contributed by atoms with Gasteiger partial charge in [0.25, 0.3) is 0 Å². The lowest BCUT2D eigenvalue weighted by atomic mass is 10.1. The molecule has 0 spiro atoms. The predicted octanol–water partition coefficient (Wildman–Crippen LogP) is 2.52. The Morgan fingerprint density at radius 3 is 2.67 bits per heavy atom. The van der Waals surface area contributed by atoms with Gasteiger partial charge in [-0.3, -0.25) is 0 Å². The molecule has 1 aromatic rings. The van der Waals surface area contributed by atoms with Crippen molar-refractivity contribution < 1.29 is 8.42 Å². The molecule has 1 unspecified atom stereocenters. The Morgan fingerprint density at radius 1 is 1.33 bits per heavy atom. The van der Waals surface area contributed by atoms with Gasteiger partial charge in [0, 0.05) is 18.3 Å². The van der Waals surface area contributed by atoms with Gasteiger partial charge in [0.15, 0.2) is 0 Å². The molecule has 0 radical (unpaired) electrons. The van der Waals surface area contributed by atoms with E-state index in [-0.39, 0.29) is 5.25 Å². The first-order chi connectivity index (χ1) is 9.90. The van der Waals surface area contributed by atoms with Crippen LogP contribution in [0.4, 0.5) is 0 Å². The normalized spacial score (nSPS) is 13.3. The van der Waals surface area contributed by atoms with E-state index in [9.17, 15) is 8.42 Å². The highest BCUT2D eigenvalue weighted by Crippen LogP contribution is 2.16. The van der Waals surface area contributed by atoms with Crippen molar-refractivity contribution in [2.75, 3.05) is 19.3 Å². The van der Waals surface area contributed by atoms with Crippen LogP contribution in [0.25, 0.3) is 0 Å².